The molecule has 3 nitrogen and oxygen atoms in total. The lowest BCUT2D eigenvalue weighted by Gasteiger charge is -2.25. The number of amides is 1. The molecule has 2 N–H and O–H groups in total. The van der Waals surface area contributed by atoms with Gasteiger partial charge in [-0.2, -0.15) is 0 Å². The first-order chi connectivity index (χ1) is 11.2. The van der Waals surface area contributed by atoms with Gasteiger partial charge in [0.05, 0.1) is 0 Å². The molecule has 1 amide bonds. The molecule has 4 heteroatoms. The van der Waals surface area contributed by atoms with Crippen LogP contribution in [0.25, 0.3) is 0 Å². The SMILES string of the molecule is NCc1ccc(C(=O)N2CCC[C@@H]2Cc2cccc(F)c2)cc1. The molecule has 0 aliphatic carbocycles. The van der Waals surface area contributed by atoms with Gasteiger partial charge in [-0.15, -0.1) is 0 Å². The Morgan fingerprint density at radius 3 is 2.65 bits per heavy atom. The highest BCUT2D eigenvalue weighted by Crippen LogP contribution is 2.24. The molecule has 1 saturated heterocycles. The van der Waals surface area contributed by atoms with Gasteiger partial charge in [0.2, 0.25) is 0 Å². The highest BCUT2D eigenvalue weighted by Gasteiger charge is 2.29. The average Bonchev–Trinajstić information content (AvgIpc) is 3.02. The Labute approximate surface area is 135 Å². The lowest BCUT2D eigenvalue weighted by atomic mass is 10.0. The fourth-order valence-corrected chi connectivity index (χ4v) is 3.20. The number of rotatable bonds is 4. The smallest absolute Gasteiger partial charge is 0.254 e. The molecule has 1 aliphatic heterocycles. The number of nitrogens with zero attached hydrogens (tertiary/aromatic N) is 1. The van der Waals surface area contributed by atoms with Gasteiger partial charge >= 0.3 is 0 Å². The molecular weight excluding hydrogens is 291 g/mol. The van der Waals surface area contributed by atoms with E-state index in [-0.39, 0.29) is 17.8 Å². The van der Waals surface area contributed by atoms with E-state index in [9.17, 15) is 9.18 Å². The van der Waals surface area contributed by atoms with Crippen LogP contribution in [0, 0.1) is 5.82 Å². The number of halogens is 1. The average molecular weight is 312 g/mol. The molecule has 1 fully saturated rings. The van der Waals surface area contributed by atoms with E-state index in [0.29, 0.717) is 18.5 Å². The number of hydrogen-bond donors (Lipinski definition) is 1. The molecule has 3 rings (SSSR count). The maximum atomic E-state index is 13.3. The van der Waals surface area contributed by atoms with Gasteiger partial charge in [0.15, 0.2) is 0 Å². The predicted molar refractivity (Wildman–Crippen MR) is 88.5 cm³/mol. The molecule has 120 valence electrons. The molecule has 0 radical (unpaired) electrons. The zero-order chi connectivity index (χ0) is 16.2. The maximum Gasteiger partial charge on any atom is 0.254 e. The van der Waals surface area contributed by atoms with Crippen molar-refractivity contribution in [3.63, 3.8) is 0 Å². The van der Waals surface area contributed by atoms with E-state index < -0.39 is 0 Å². The van der Waals surface area contributed by atoms with E-state index in [4.69, 9.17) is 5.73 Å². The van der Waals surface area contributed by atoms with E-state index in [1.54, 1.807) is 12.1 Å². The Kier molecular flexibility index (Phi) is 4.72. The number of hydrogen-bond acceptors (Lipinski definition) is 2. The summed E-state index contributed by atoms with van der Waals surface area (Å²) in [5.41, 5.74) is 8.23. The summed E-state index contributed by atoms with van der Waals surface area (Å²) in [4.78, 5) is 14.7. The topological polar surface area (TPSA) is 46.3 Å². The molecular formula is C19H21FN2O. The van der Waals surface area contributed by atoms with E-state index in [1.165, 1.54) is 6.07 Å². The molecule has 0 unspecified atom stereocenters. The predicted octanol–water partition coefficient (Wildman–Crippen LogP) is 3.13. The quantitative estimate of drug-likeness (QED) is 0.943. The Hall–Kier alpha value is -2.20. The van der Waals surface area contributed by atoms with Crippen molar-refractivity contribution in [2.24, 2.45) is 5.73 Å². The second-order valence-corrected chi connectivity index (χ2v) is 6.03. The number of benzene rings is 2. The van der Waals surface area contributed by atoms with Crippen LogP contribution in [0.2, 0.25) is 0 Å². The van der Waals surface area contributed by atoms with Crippen molar-refractivity contribution >= 4 is 5.91 Å². The van der Waals surface area contributed by atoms with Gasteiger partial charge in [-0.1, -0.05) is 24.3 Å². The highest BCUT2D eigenvalue weighted by atomic mass is 19.1. The van der Waals surface area contributed by atoms with Crippen LogP contribution in [0.5, 0.6) is 0 Å². The molecule has 0 spiro atoms. The van der Waals surface area contributed by atoms with Gasteiger partial charge in [0.25, 0.3) is 5.91 Å². The molecule has 0 saturated carbocycles. The Bertz CT molecular complexity index is 684. The summed E-state index contributed by atoms with van der Waals surface area (Å²) in [6.07, 6.45) is 2.65. The normalized spacial score (nSPS) is 17.5. The molecule has 1 heterocycles. The largest absolute Gasteiger partial charge is 0.335 e. The molecule has 0 bridgehead atoms. The summed E-state index contributed by atoms with van der Waals surface area (Å²) in [5, 5.41) is 0. The maximum absolute atomic E-state index is 13.3. The highest BCUT2D eigenvalue weighted by molar-refractivity contribution is 5.94. The van der Waals surface area contributed by atoms with Gasteiger partial charge in [-0.05, 0) is 54.7 Å². The van der Waals surface area contributed by atoms with E-state index in [0.717, 1.165) is 30.5 Å². The summed E-state index contributed by atoms with van der Waals surface area (Å²) in [7, 11) is 0. The summed E-state index contributed by atoms with van der Waals surface area (Å²) >= 11 is 0. The fraction of sp³-hybridized carbons (Fsp3) is 0.316. The van der Waals surface area contributed by atoms with Crippen LogP contribution in [0.15, 0.2) is 48.5 Å². The monoisotopic (exact) mass is 312 g/mol. The van der Waals surface area contributed by atoms with Crippen LogP contribution in [-0.2, 0) is 13.0 Å². The summed E-state index contributed by atoms with van der Waals surface area (Å²) in [5.74, 6) is -0.178. The lowest BCUT2D eigenvalue weighted by Crippen LogP contribution is -2.36. The molecule has 1 aliphatic rings. The lowest BCUT2D eigenvalue weighted by molar-refractivity contribution is 0.0736. The van der Waals surface area contributed by atoms with Crippen LogP contribution in [0.4, 0.5) is 4.39 Å². The molecule has 23 heavy (non-hydrogen) atoms. The molecule has 1 atom stereocenters. The molecule has 0 aromatic heterocycles. The zero-order valence-electron chi connectivity index (χ0n) is 13.0. The minimum Gasteiger partial charge on any atom is -0.335 e. The minimum atomic E-state index is -0.226. The Balaban J connectivity index is 1.73. The van der Waals surface area contributed by atoms with Crippen LogP contribution in [-0.4, -0.2) is 23.4 Å². The van der Waals surface area contributed by atoms with Gasteiger partial charge in [-0.25, -0.2) is 4.39 Å². The summed E-state index contributed by atoms with van der Waals surface area (Å²) < 4.78 is 13.3. The van der Waals surface area contributed by atoms with E-state index >= 15 is 0 Å². The van der Waals surface area contributed by atoms with Crippen molar-refractivity contribution in [1.29, 1.82) is 0 Å². The molecule has 2 aromatic rings. The third-order valence-electron chi connectivity index (χ3n) is 4.43. The number of likely N-dealkylation sites (tertiary alicyclic amines) is 1. The van der Waals surface area contributed by atoms with Gasteiger partial charge in [0, 0.05) is 24.7 Å². The van der Waals surface area contributed by atoms with Gasteiger partial charge < -0.3 is 10.6 Å². The summed E-state index contributed by atoms with van der Waals surface area (Å²) in [6, 6.07) is 14.2. The third kappa shape index (κ3) is 3.59. The minimum absolute atomic E-state index is 0.0486. The number of nitrogens with two attached hydrogens (primary N) is 1. The van der Waals surface area contributed by atoms with Crippen molar-refractivity contribution < 1.29 is 9.18 Å². The number of carbonyl (C=O) groups excluding carboxylic acids is 1. The van der Waals surface area contributed by atoms with Crippen LogP contribution >= 0.6 is 0 Å². The van der Waals surface area contributed by atoms with E-state index in [1.807, 2.05) is 35.2 Å². The summed E-state index contributed by atoms with van der Waals surface area (Å²) in [6.45, 7) is 1.23. The molecule has 2 aromatic carbocycles. The second kappa shape index (κ2) is 6.92. The van der Waals surface area contributed by atoms with Crippen molar-refractivity contribution in [2.45, 2.75) is 31.8 Å². The first kappa shape index (κ1) is 15.7. The van der Waals surface area contributed by atoms with Crippen molar-refractivity contribution in [3.05, 3.63) is 71.0 Å². The van der Waals surface area contributed by atoms with Gasteiger partial charge in [0.1, 0.15) is 5.82 Å². The second-order valence-electron chi connectivity index (χ2n) is 6.03. The van der Waals surface area contributed by atoms with Crippen molar-refractivity contribution in [1.82, 2.24) is 4.90 Å². The van der Waals surface area contributed by atoms with Crippen LogP contribution < -0.4 is 5.73 Å². The van der Waals surface area contributed by atoms with Crippen molar-refractivity contribution in [3.8, 4) is 0 Å². The fourth-order valence-electron chi connectivity index (χ4n) is 3.20. The number of carbonyl (C=O) groups is 1. The van der Waals surface area contributed by atoms with Crippen LogP contribution in [0.1, 0.15) is 34.3 Å². The Morgan fingerprint density at radius 2 is 1.96 bits per heavy atom. The van der Waals surface area contributed by atoms with Crippen LogP contribution in [0.3, 0.4) is 0 Å². The first-order valence-corrected chi connectivity index (χ1v) is 8.02. The third-order valence-corrected chi connectivity index (χ3v) is 4.43. The van der Waals surface area contributed by atoms with E-state index in [2.05, 4.69) is 0 Å². The van der Waals surface area contributed by atoms with Crippen molar-refractivity contribution in [2.75, 3.05) is 6.54 Å². The first-order valence-electron chi connectivity index (χ1n) is 8.02. The zero-order valence-corrected chi connectivity index (χ0v) is 13.0. The Morgan fingerprint density at radius 1 is 1.17 bits per heavy atom. The van der Waals surface area contributed by atoms with Gasteiger partial charge in [-0.3, -0.25) is 4.79 Å². The standard InChI is InChI=1S/C19H21FN2O/c20-17-4-1-3-15(11-17)12-18-5-2-10-22(18)19(23)16-8-6-14(13-21)7-9-16/h1,3-4,6-9,11,18H,2,5,10,12-13,21H2/t18-/m1/s1.